The molecule has 61 heavy (non-hydrogen) atoms. The van der Waals surface area contributed by atoms with Gasteiger partial charge in [-0.05, 0) is 82.1 Å². The molecule has 7 heteroatoms. The van der Waals surface area contributed by atoms with Crippen LogP contribution in [0.2, 0.25) is 0 Å². The Kier molecular flexibility index (Phi) is 7.14. The number of hydrogen-bond donors (Lipinski definition) is 0. The van der Waals surface area contributed by atoms with Gasteiger partial charge in [-0.3, -0.25) is 0 Å². The Morgan fingerprint density at radius 1 is 0.475 bits per heavy atom. The minimum Gasteiger partial charge on any atom is -0.374 e. The maximum absolute atomic E-state index is 2.77. The third-order valence-electron chi connectivity index (χ3n) is 13.2. The highest BCUT2D eigenvalue weighted by Crippen LogP contribution is 2.56. The maximum Gasteiger partial charge on any atom is 0.333 e. The summed E-state index contributed by atoms with van der Waals surface area (Å²) in [6, 6.07) is 60.1. The van der Waals surface area contributed by atoms with Crippen LogP contribution < -0.4 is 15.8 Å². The van der Waals surface area contributed by atoms with E-state index in [9.17, 15) is 0 Å². The largest absolute Gasteiger partial charge is 0.374 e. The number of thiophene rings is 2. The van der Waals surface area contributed by atoms with Crippen LogP contribution in [0.1, 0.15) is 26.3 Å². The topological polar surface area (TPSA) is 8.17 Å². The average Bonchev–Trinajstić information content (AvgIpc) is 3.96. The van der Waals surface area contributed by atoms with Gasteiger partial charge in [0.15, 0.2) is 0 Å². The number of rotatable bonds is 2. The van der Waals surface area contributed by atoms with E-state index < -0.39 is 0 Å². The fraction of sp³-hybridized carbons (Fsp3) is 0.0741. The van der Waals surface area contributed by atoms with Crippen LogP contribution in [0.4, 0.5) is 17.1 Å². The predicted molar refractivity (Wildman–Crippen MR) is 267 cm³/mol. The number of para-hydroxylation sites is 1. The van der Waals surface area contributed by atoms with Crippen LogP contribution in [0.15, 0.2) is 177 Å². The van der Waals surface area contributed by atoms with Crippen molar-refractivity contribution >= 4 is 132 Å². The molecule has 0 fully saturated rings. The highest BCUT2D eigenvalue weighted by molar-refractivity contribution is 8.05. The Balaban J connectivity index is 1.18. The lowest BCUT2D eigenvalue weighted by Gasteiger charge is -2.42. The van der Waals surface area contributed by atoms with Crippen molar-refractivity contribution in [3.63, 3.8) is 0 Å². The Hall–Kier alpha value is -5.70. The predicted octanol–water partition coefficient (Wildman–Crippen LogP) is 15.4. The number of anilines is 3. The van der Waals surface area contributed by atoms with Crippen molar-refractivity contribution in [1.29, 1.82) is 0 Å². The second-order valence-electron chi connectivity index (χ2n) is 17.6. The first-order valence-electron chi connectivity index (χ1n) is 20.9. The summed E-state index contributed by atoms with van der Waals surface area (Å²) in [5, 5.41) is 5.34. The molecule has 3 aromatic heterocycles. The fourth-order valence-corrected chi connectivity index (χ4v) is 15.2. The third kappa shape index (κ3) is 4.78. The number of hydrogen-bond acceptors (Lipinski definition) is 5. The molecule has 0 N–H and O–H groups in total. The molecule has 0 atom stereocenters. The first-order chi connectivity index (χ1) is 29.9. The summed E-state index contributed by atoms with van der Waals surface area (Å²) in [5.74, 6) is 0. The first kappa shape index (κ1) is 35.0. The lowest BCUT2D eigenvalue weighted by molar-refractivity contribution is 0.590. The van der Waals surface area contributed by atoms with E-state index in [2.05, 4.69) is 188 Å². The normalized spacial score (nSPS) is 14.0. The summed E-state index contributed by atoms with van der Waals surface area (Å²) >= 11 is 7.74. The monoisotopic (exact) mass is 850 g/mol. The van der Waals surface area contributed by atoms with Gasteiger partial charge in [0.2, 0.25) is 0 Å². The molecule has 11 aromatic rings. The van der Waals surface area contributed by atoms with E-state index in [1.165, 1.54) is 127 Å². The van der Waals surface area contributed by atoms with E-state index in [0.29, 0.717) is 0 Å². The van der Waals surface area contributed by atoms with E-state index in [4.69, 9.17) is 0 Å². The van der Waals surface area contributed by atoms with Crippen LogP contribution in [0.25, 0.3) is 73.6 Å². The average molecular weight is 851 g/mol. The van der Waals surface area contributed by atoms with Gasteiger partial charge in [-0.2, -0.15) is 0 Å². The highest BCUT2D eigenvalue weighted by atomic mass is 32.2. The lowest BCUT2D eigenvalue weighted by atomic mass is 9.45. The number of aromatic nitrogens is 1. The van der Waals surface area contributed by atoms with Crippen molar-refractivity contribution in [3.05, 3.63) is 163 Å². The number of benzene rings is 8. The molecule has 2 nitrogen and oxygen atoms in total. The first-order valence-corrected chi connectivity index (χ1v) is 24.2. The summed E-state index contributed by atoms with van der Waals surface area (Å²) < 4.78 is 8.20. The lowest BCUT2D eigenvalue weighted by Crippen LogP contribution is -2.56. The number of nitrogens with zero attached hydrogens (tertiary/aromatic N) is 2. The maximum atomic E-state index is 2.77. The van der Waals surface area contributed by atoms with Crippen LogP contribution in [-0.2, 0) is 5.41 Å². The van der Waals surface area contributed by atoms with Gasteiger partial charge in [0.05, 0.1) is 15.9 Å². The summed E-state index contributed by atoms with van der Waals surface area (Å²) in [5.41, 5.74) is 15.7. The molecule has 288 valence electrons. The van der Waals surface area contributed by atoms with Gasteiger partial charge in [-0.15, -0.1) is 22.7 Å². The second-order valence-corrected chi connectivity index (χ2v) is 21.9. The Bertz CT molecular complexity index is 3720. The molecule has 0 amide bonds. The summed E-state index contributed by atoms with van der Waals surface area (Å²) in [6.07, 6.45) is 0. The van der Waals surface area contributed by atoms with Crippen LogP contribution in [0.5, 0.6) is 0 Å². The molecule has 3 aliphatic heterocycles. The molecule has 0 unspecified atom stereocenters. The van der Waals surface area contributed by atoms with Crippen molar-refractivity contribution < 1.29 is 0 Å². The SMILES string of the molecule is CC(C)(C)c1ccc(N2c3cc4c(cc3B3c5c2cc2c(sc6ccccc62)c5-c2cccc5c6sc7ccccc7c6n3c25)Sc2ccccc2S4)c(-c2ccccc2)c1. The van der Waals surface area contributed by atoms with Crippen molar-refractivity contribution in [2.45, 2.75) is 45.8 Å². The molecular formula is C54H35BN2S4. The number of fused-ring (bicyclic) bond motifs is 15. The van der Waals surface area contributed by atoms with Crippen molar-refractivity contribution in [1.82, 2.24) is 4.48 Å². The second kappa shape index (κ2) is 12.5. The molecular weight excluding hydrogens is 816 g/mol. The van der Waals surface area contributed by atoms with Gasteiger partial charge in [0.25, 0.3) is 0 Å². The van der Waals surface area contributed by atoms with Crippen LogP contribution in [0.3, 0.4) is 0 Å². The standard InChI is InChI=1S/C54H35BN2S4/c1-54(2,3)31-24-25-39(36(26-31)30-14-5-4-6-15-30)56-40-29-47-46(58-44-22-11-12-23-45(44)59-47)28-38(40)55-49-41(56)27-37-32-16-7-9-20-42(32)60-52(37)48(49)34-18-13-19-35-50(34)57(55)51-33-17-8-10-21-43(33)61-53(35)51/h4-29H,1-3H3. The minimum atomic E-state index is -0.0409. The zero-order valence-corrected chi connectivity index (χ0v) is 36.9. The fourth-order valence-electron chi connectivity index (χ4n) is 10.5. The molecule has 0 saturated carbocycles. The molecule has 0 aliphatic carbocycles. The summed E-state index contributed by atoms with van der Waals surface area (Å²) in [7, 11) is 0. The zero-order chi connectivity index (χ0) is 40.3. The van der Waals surface area contributed by atoms with Gasteiger partial charge in [-0.25, -0.2) is 0 Å². The Morgan fingerprint density at radius 2 is 1.15 bits per heavy atom. The molecule has 8 aromatic carbocycles. The van der Waals surface area contributed by atoms with Crippen LogP contribution in [0, 0.1) is 0 Å². The van der Waals surface area contributed by atoms with Gasteiger partial charge in [0.1, 0.15) is 0 Å². The smallest absolute Gasteiger partial charge is 0.333 e. The summed E-state index contributed by atoms with van der Waals surface area (Å²) in [4.78, 5) is 7.95. The summed E-state index contributed by atoms with van der Waals surface area (Å²) in [6.45, 7) is 6.94. The zero-order valence-electron chi connectivity index (χ0n) is 33.6. The molecule has 0 bridgehead atoms. The van der Waals surface area contributed by atoms with Gasteiger partial charge in [-0.1, -0.05) is 147 Å². The molecule has 0 spiro atoms. The van der Waals surface area contributed by atoms with Crippen molar-refractivity contribution in [3.8, 4) is 22.3 Å². The highest BCUT2D eigenvalue weighted by Gasteiger charge is 2.45. The van der Waals surface area contributed by atoms with E-state index in [0.717, 1.165) is 0 Å². The Morgan fingerprint density at radius 3 is 1.93 bits per heavy atom. The van der Waals surface area contributed by atoms with E-state index in [-0.39, 0.29) is 12.3 Å². The van der Waals surface area contributed by atoms with Gasteiger partial charge >= 0.3 is 6.85 Å². The van der Waals surface area contributed by atoms with E-state index >= 15 is 0 Å². The molecule has 0 saturated heterocycles. The van der Waals surface area contributed by atoms with E-state index in [1.807, 2.05) is 46.2 Å². The molecule has 6 heterocycles. The van der Waals surface area contributed by atoms with E-state index in [1.54, 1.807) is 0 Å². The van der Waals surface area contributed by atoms with Crippen LogP contribution >= 0.6 is 46.2 Å². The van der Waals surface area contributed by atoms with Crippen LogP contribution in [-0.4, -0.2) is 11.3 Å². The molecule has 0 radical (unpaired) electrons. The van der Waals surface area contributed by atoms with Crippen molar-refractivity contribution in [2.24, 2.45) is 0 Å². The van der Waals surface area contributed by atoms with Gasteiger partial charge < -0.3 is 9.38 Å². The minimum absolute atomic E-state index is 0.0147. The Labute approximate surface area is 370 Å². The molecule has 3 aliphatic rings. The van der Waals surface area contributed by atoms with Crippen molar-refractivity contribution in [2.75, 3.05) is 4.90 Å². The molecule has 14 rings (SSSR count). The third-order valence-corrected chi connectivity index (χ3v) is 18.1. The quantitative estimate of drug-likeness (QED) is 0.160. The van der Waals surface area contributed by atoms with Gasteiger partial charge in [0, 0.05) is 88.8 Å².